The maximum Gasteiger partial charge on any atom is 0.161 e. The molecule has 4 heteroatoms. The van der Waals surface area contributed by atoms with Crippen molar-refractivity contribution < 1.29 is 0 Å². The summed E-state index contributed by atoms with van der Waals surface area (Å²) in [5, 5.41) is 0. The fourth-order valence-electron chi connectivity index (χ4n) is 1.45. The van der Waals surface area contributed by atoms with Crippen LogP contribution in [-0.2, 0) is 6.54 Å². The van der Waals surface area contributed by atoms with Gasteiger partial charge in [0.2, 0.25) is 0 Å². The molecule has 2 N–H and O–H groups in total. The summed E-state index contributed by atoms with van der Waals surface area (Å²) in [6, 6.07) is 1.88. The fraction of sp³-hybridized carbons (Fsp3) is 0.333. The molecule has 1 aliphatic heterocycles. The SMILES string of the molecule is Cc1cc(N)nc2c1CN(C)C=N2. The molecule has 4 nitrogen and oxygen atoms in total. The monoisotopic (exact) mass is 176 g/mol. The molecule has 0 atom stereocenters. The molecule has 68 valence electrons. The van der Waals surface area contributed by atoms with Gasteiger partial charge in [-0.15, -0.1) is 0 Å². The zero-order chi connectivity index (χ0) is 9.42. The Hall–Kier alpha value is -1.58. The van der Waals surface area contributed by atoms with Crippen molar-refractivity contribution in [3.63, 3.8) is 0 Å². The van der Waals surface area contributed by atoms with Crippen molar-refractivity contribution in [3.05, 3.63) is 17.2 Å². The van der Waals surface area contributed by atoms with Crippen LogP contribution in [0.4, 0.5) is 11.6 Å². The van der Waals surface area contributed by atoms with Gasteiger partial charge in [-0.1, -0.05) is 0 Å². The molecule has 2 heterocycles. The standard InChI is InChI=1S/C9H12N4/c1-6-3-8(10)12-9-7(6)4-13(2)5-11-9/h3,5H,4H2,1-2H3,(H2,10,12). The van der Waals surface area contributed by atoms with Crippen LogP contribution in [0.15, 0.2) is 11.1 Å². The third kappa shape index (κ3) is 1.35. The van der Waals surface area contributed by atoms with Crippen LogP contribution in [0, 0.1) is 6.92 Å². The molecule has 0 aliphatic carbocycles. The zero-order valence-corrected chi connectivity index (χ0v) is 7.78. The second-order valence-corrected chi connectivity index (χ2v) is 3.33. The van der Waals surface area contributed by atoms with Crippen LogP contribution in [0.5, 0.6) is 0 Å². The first-order chi connectivity index (χ1) is 6.16. The lowest BCUT2D eigenvalue weighted by Crippen LogP contribution is -2.20. The van der Waals surface area contributed by atoms with Crippen LogP contribution >= 0.6 is 0 Å². The minimum atomic E-state index is 0.540. The van der Waals surface area contributed by atoms with Gasteiger partial charge in [0, 0.05) is 19.2 Å². The Balaban J connectivity index is 2.56. The Labute approximate surface area is 77.1 Å². The Bertz CT molecular complexity index is 370. The van der Waals surface area contributed by atoms with E-state index in [0.29, 0.717) is 5.82 Å². The van der Waals surface area contributed by atoms with Crippen LogP contribution in [0.3, 0.4) is 0 Å². The number of nitrogens with two attached hydrogens (primary N) is 1. The molecule has 1 aliphatic rings. The highest BCUT2D eigenvalue weighted by atomic mass is 15.2. The number of pyridine rings is 1. The summed E-state index contributed by atoms with van der Waals surface area (Å²) >= 11 is 0. The predicted molar refractivity (Wildman–Crippen MR) is 53.0 cm³/mol. The Morgan fingerprint density at radius 2 is 2.31 bits per heavy atom. The minimum Gasteiger partial charge on any atom is -0.384 e. The number of nitrogen functional groups attached to an aromatic ring is 1. The van der Waals surface area contributed by atoms with E-state index < -0.39 is 0 Å². The number of fused-ring (bicyclic) bond motifs is 1. The van der Waals surface area contributed by atoms with E-state index in [1.807, 2.05) is 24.9 Å². The van der Waals surface area contributed by atoms with Crippen molar-refractivity contribution in [2.45, 2.75) is 13.5 Å². The highest BCUT2D eigenvalue weighted by Crippen LogP contribution is 2.25. The Morgan fingerprint density at radius 3 is 3.08 bits per heavy atom. The predicted octanol–water partition coefficient (Wildman–Crippen LogP) is 1.08. The van der Waals surface area contributed by atoms with E-state index in [0.717, 1.165) is 17.9 Å². The van der Waals surface area contributed by atoms with E-state index in [4.69, 9.17) is 5.73 Å². The lowest BCUT2D eigenvalue weighted by atomic mass is 10.1. The minimum absolute atomic E-state index is 0.540. The highest BCUT2D eigenvalue weighted by Gasteiger charge is 2.12. The van der Waals surface area contributed by atoms with Crippen molar-refractivity contribution >= 4 is 18.0 Å². The van der Waals surface area contributed by atoms with Crippen LogP contribution in [0.25, 0.3) is 0 Å². The molecule has 0 bridgehead atoms. The third-order valence-electron chi connectivity index (χ3n) is 2.13. The molecule has 1 aromatic heterocycles. The second kappa shape index (κ2) is 2.73. The number of aliphatic imine (C=N–C) groups is 1. The molecule has 13 heavy (non-hydrogen) atoms. The molecule has 2 rings (SSSR count). The molecule has 0 aromatic carbocycles. The largest absolute Gasteiger partial charge is 0.384 e. The van der Waals surface area contributed by atoms with E-state index in [1.165, 1.54) is 5.56 Å². The molecule has 1 aromatic rings. The van der Waals surface area contributed by atoms with E-state index in [2.05, 4.69) is 9.98 Å². The van der Waals surface area contributed by atoms with Gasteiger partial charge in [0.1, 0.15) is 5.82 Å². The normalized spacial score (nSPS) is 14.5. The number of anilines is 1. The van der Waals surface area contributed by atoms with Crippen LogP contribution in [0.2, 0.25) is 0 Å². The number of rotatable bonds is 0. The first kappa shape index (κ1) is 8.04. The Kier molecular flexibility index (Phi) is 1.69. The number of aryl methyl sites for hydroxylation is 1. The van der Waals surface area contributed by atoms with Crippen molar-refractivity contribution in [1.29, 1.82) is 0 Å². The topological polar surface area (TPSA) is 54.5 Å². The van der Waals surface area contributed by atoms with Gasteiger partial charge >= 0.3 is 0 Å². The molecule has 0 fully saturated rings. The molecular formula is C9H12N4. The summed E-state index contributed by atoms with van der Waals surface area (Å²) in [5.41, 5.74) is 7.94. The van der Waals surface area contributed by atoms with E-state index in [1.54, 1.807) is 6.34 Å². The maximum atomic E-state index is 5.62. The fourth-order valence-corrected chi connectivity index (χ4v) is 1.45. The number of aromatic nitrogens is 1. The third-order valence-corrected chi connectivity index (χ3v) is 2.13. The molecule has 0 radical (unpaired) electrons. The summed E-state index contributed by atoms with van der Waals surface area (Å²) in [5.74, 6) is 1.30. The van der Waals surface area contributed by atoms with E-state index in [9.17, 15) is 0 Å². The molecule has 0 amide bonds. The molecule has 0 spiro atoms. The summed E-state index contributed by atoms with van der Waals surface area (Å²) in [7, 11) is 1.99. The second-order valence-electron chi connectivity index (χ2n) is 3.33. The molecular weight excluding hydrogens is 164 g/mol. The Morgan fingerprint density at radius 1 is 1.54 bits per heavy atom. The van der Waals surface area contributed by atoms with Crippen molar-refractivity contribution in [3.8, 4) is 0 Å². The number of nitrogens with zero attached hydrogens (tertiary/aromatic N) is 3. The summed E-state index contributed by atoms with van der Waals surface area (Å²) in [4.78, 5) is 10.4. The maximum absolute atomic E-state index is 5.62. The van der Waals surface area contributed by atoms with Gasteiger partial charge in [0.15, 0.2) is 5.82 Å². The molecule has 0 unspecified atom stereocenters. The smallest absolute Gasteiger partial charge is 0.161 e. The zero-order valence-electron chi connectivity index (χ0n) is 7.78. The van der Waals surface area contributed by atoms with Gasteiger partial charge in [-0.2, -0.15) is 0 Å². The number of hydrogen-bond donors (Lipinski definition) is 1. The van der Waals surface area contributed by atoms with Crippen LogP contribution < -0.4 is 5.73 Å². The van der Waals surface area contributed by atoms with E-state index >= 15 is 0 Å². The van der Waals surface area contributed by atoms with Gasteiger partial charge < -0.3 is 10.6 Å². The van der Waals surface area contributed by atoms with Gasteiger partial charge in [-0.25, -0.2) is 9.98 Å². The quantitative estimate of drug-likeness (QED) is 0.643. The lowest BCUT2D eigenvalue weighted by molar-refractivity contribution is 0.506. The first-order valence-corrected chi connectivity index (χ1v) is 4.17. The average molecular weight is 176 g/mol. The van der Waals surface area contributed by atoms with Gasteiger partial charge in [-0.3, -0.25) is 0 Å². The highest BCUT2D eigenvalue weighted by molar-refractivity contribution is 5.66. The number of hydrogen-bond acceptors (Lipinski definition) is 4. The van der Waals surface area contributed by atoms with Crippen molar-refractivity contribution in [1.82, 2.24) is 9.88 Å². The summed E-state index contributed by atoms with van der Waals surface area (Å²) in [6.45, 7) is 2.89. The van der Waals surface area contributed by atoms with Crippen LogP contribution in [0.1, 0.15) is 11.1 Å². The van der Waals surface area contributed by atoms with Gasteiger partial charge in [0.25, 0.3) is 0 Å². The van der Waals surface area contributed by atoms with E-state index in [-0.39, 0.29) is 0 Å². The average Bonchev–Trinajstić information content (AvgIpc) is 2.06. The van der Waals surface area contributed by atoms with Gasteiger partial charge in [0.05, 0.1) is 6.34 Å². The van der Waals surface area contributed by atoms with Gasteiger partial charge in [-0.05, 0) is 18.6 Å². The van der Waals surface area contributed by atoms with Crippen molar-refractivity contribution in [2.75, 3.05) is 12.8 Å². The lowest BCUT2D eigenvalue weighted by Gasteiger charge is -2.20. The summed E-state index contributed by atoms with van der Waals surface area (Å²) in [6.07, 6.45) is 1.77. The molecule has 0 saturated carbocycles. The first-order valence-electron chi connectivity index (χ1n) is 4.17. The molecule has 0 saturated heterocycles. The van der Waals surface area contributed by atoms with Crippen molar-refractivity contribution in [2.24, 2.45) is 4.99 Å². The van der Waals surface area contributed by atoms with Crippen LogP contribution in [-0.4, -0.2) is 23.3 Å². The summed E-state index contributed by atoms with van der Waals surface area (Å²) < 4.78 is 0.